The van der Waals surface area contributed by atoms with Crippen LogP contribution in [0.1, 0.15) is 17.5 Å². The van der Waals surface area contributed by atoms with Gasteiger partial charge in [0.05, 0.1) is 5.56 Å². The van der Waals surface area contributed by atoms with Crippen LogP contribution in [0.5, 0.6) is 0 Å². The van der Waals surface area contributed by atoms with E-state index >= 15 is 0 Å². The van der Waals surface area contributed by atoms with E-state index in [1.807, 2.05) is 13.0 Å². The van der Waals surface area contributed by atoms with E-state index in [0.717, 1.165) is 29.4 Å². The van der Waals surface area contributed by atoms with Gasteiger partial charge in [-0.3, -0.25) is 0 Å². The molecule has 3 nitrogen and oxygen atoms in total. The van der Waals surface area contributed by atoms with Crippen molar-refractivity contribution in [3.05, 3.63) is 23.4 Å². The molecule has 0 unspecified atom stereocenters. The van der Waals surface area contributed by atoms with Crippen molar-refractivity contribution >= 4 is 11.8 Å². The number of ether oxygens (including phenoxy) is 1. The van der Waals surface area contributed by atoms with Crippen LogP contribution in [0.3, 0.4) is 0 Å². The summed E-state index contributed by atoms with van der Waals surface area (Å²) in [6.07, 6.45) is 2.72. The molecule has 0 saturated heterocycles. The molecule has 0 bridgehead atoms. The van der Waals surface area contributed by atoms with E-state index in [-0.39, 0.29) is 0 Å². The van der Waals surface area contributed by atoms with Gasteiger partial charge in [0.15, 0.2) is 0 Å². The van der Waals surface area contributed by atoms with Gasteiger partial charge in [-0.1, -0.05) is 0 Å². The fraction of sp³-hybridized carbons (Fsp3) is 0.455. The summed E-state index contributed by atoms with van der Waals surface area (Å²) >= 11 is 1.61. The van der Waals surface area contributed by atoms with Crippen molar-refractivity contribution in [2.75, 3.05) is 19.5 Å². The highest BCUT2D eigenvalue weighted by Gasteiger charge is 2.06. The van der Waals surface area contributed by atoms with Crippen LogP contribution in [-0.4, -0.2) is 24.5 Å². The van der Waals surface area contributed by atoms with Crippen LogP contribution >= 0.6 is 11.8 Å². The molecule has 0 fully saturated rings. The fourth-order valence-electron chi connectivity index (χ4n) is 1.15. The number of aryl methyl sites for hydroxylation is 1. The summed E-state index contributed by atoms with van der Waals surface area (Å²) in [5.74, 6) is 0.930. The van der Waals surface area contributed by atoms with Crippen molar-refractivity contribution in [1.29, 1.82) is 5.26 Å². The second-order valence-electron chi connectivity index (χ2n) is 3.11. The minimum Gasteiger partial charge on any atom is -0.385 e. The van der Waals surface area contributed by atoms with E-state index in [1.54, 1.807) is 25.1 Å². The molecule has 15 heavy (non-hydrogen) atoms. The Morgan fingerprint density at radius 3 is 3.07 bits per heavy atom. The molecular formula is C11H14N2OS. The first-order valence-corrected chi connectivity index (χ1v) is 5.75. The van der Waals surface area contributed by atoms with E-state index in [0.29, 0.717) is 5.56 Å². The summed E-state index contributed by atoms with van der Waals surface area (Å²) in [6, 6.07) is 4.05. The van der Waals surface area contributed by atoms with E-state index in [4.69, 9.17) is 10.00 Å². The number of nitrogens with zero attached hydrogens (tertiary/aromatic N) is 2. The predicted molar refractivity (Wildman–Crippen MR) is 60.9 cm³/mol. The normalized spacial score (nSPS) is 9.93. The molecule has 1 rings (SSSR count). The zero-order chi connectivity index (χ0) is 11.1. The van der Waals surface area contributed by atoms with Gasteiger partial charge in [-0.25, -0.2) is 4.98 Å². The Morgan fingerprint density at radius 2 is 2.40 bits per heavy atom. The minimum absolute atomic E-state index is 0.694. The quantitative estimate of drug-likeness (QED) is 0.567. The van der Waals surface area contributed by atoms with E-state index in [2.05, 4.69) is 11.1 Å². The molecule has 80 valence electrons. The highest BCUT2D eigenvalue weighted by Crippen LogP contribution is 2.22. The molecule has 0 spiro atoms. The van der Waals surface area contributed by atoms with Crippen LogP contribution in [0.15, 0.2) is 17.3 Å². The van der Waals surface area contributed by atoms with Crippen molar-refractivity contribution in [1.82, 2.24) is 4.98 Å². The zero-order valence-electron chi connectivity index (χ0n) is 8.99. The monoisotopic (exact) mass is 222 g/mol. The summed E-state index contributed by atoms with van der Waals surface area (Å²) in [6.45, 7) is 2.68. The lowest BCUT2D eigenvalue weighted by molar-refractivity contribution is 0.200. The molecule has 4 heteroatoms. The number of nitriles is 1. The van der Waals surface area contributed by atoms with Crippen molar-refractivity contribution in [3.63, 3.8) is 0 Å². The zero-order valence-corrected chi connectivity index (χ0v) is 9.80. The highest BCUT2D eigenvalue weighted by molar-refractivity contribution is 7.99. The maximum Gasteiger partial charge on any atom is 0.114 e. The molecular weight excluding hydrogens is 208 g/mol. The Balaban J connectivity index is 2.61. The average Bonchev–Trinajstić information content (AvgIpc) is 2.24. The average molecular weight is 222 g/mol. The number of pyridine rings is 1. The molecule has 0 amide bonds. The number of hydrogen-bond donors (Lipinski definition) is 0. The van der Waals surface area contributed by atoms with Crippen molar-refractivity contribution < 1.29 is 4.74 Å². The van der Waals surface area contributed by atoms with Gasteiger partial charge >= 0.3 is 0 Å². The first kappa shape index (κ1) is 12.0. The van der Waals surface area contributed by atoms with Crippen LogP contribution in [0.2, 0.25) is 0 Å². The van der Waals surface area contributed by atoms with Gasteiger partial charge in [0, 0.05) is 25.7 Å². The smallest absolute Gasteiger partial charge is 0.114 e. The number of aromatic nitrogens is 1. The number of rotatable bonds is 5. The lowest BCUT2D eigenvalue weighted by Gasteiger charge is -2.04. The van der Waals surface area contributed by atoms with Gasteiger partial charge in [-0.2, -0.15) is 5.26 Å². The Morgan fingerprint density at radius 1 is 1.60 bits per heavy atom. The van der Waals surface area contributed by atoms with Crippen LogP contribution in [0.4, 0.5) is 0 Å². The van der Waals surface area contributed by atoms with Gasteiger partial charge in [-0.05, 0) is 25.0 Å². The van der Waals surface area contributed by atoms with E-state index < -0.39 is 0 Å². The largest absolute Gasteiger partial charge is 0.385 e. The predicted octanol–water partition coefficient (Wildman–Crippen LogP) is 2.39. The van der Waals surface area contributed by atoms with E-state index in [9.17, 15) is 0 Å². The minimum atomic E-state index is 0.694. The molecule has 1 aromatic heterocycles. The molecule has 0 aliphatic heterocycles. The number of methoxy groups -OCH3 is 1. The molecule has 1 heterocycles. The number of hydrogen-bond acceptors (Lipinski definition) is 4. The summed E-state index contributed by atoms with van der Waals surface area (Å²) in [4.78, 5) is 4.21. The first-order valence-electron chi connectivity index (χ1n) is 4.77. The van der Waals surface area contributed by atoms with Gasteiger partial charge < -0.3 is 4.74 Å². The summed E-state index contributed by atoms with van der Waals surface area (Å²) in [5, 5.41) is 9.80. The Labute approximate surface area is 94.5 Å². The Hall–Kier alpha value is -1.05. The van der Waals surface area contributed by atoms with Crippen LogP contribution in [0, 0.1) is 18.3 Å². The maximum absolute atomic E-state index is 8.97. The lowest BCUT2D eigenvalue weighted by atomic mass is 10.2. The van der Waals surface area contributed by atoms with Gasteiger partial charge in [0.2, 0.25) is 0 Å². The van der Waals surface area contributed by atoms with Gasteiger partial charge in [-0.15, -0.1) is 11.8 Å². The van der Waals surface area contributed by atoms with Crippen LogP contribution < -0.4 is 0 Å². The first-order chi connectivity index (χ1) is 7.29. The van der Waals surface area contributed by atoms with Crippen LogP contribution in [0.25, 0.3) is 0 Å². The molecule has 0 atom stereocenters. The second kappa shape index (κ2) is 6.44. The third-order valence-electron chi connectivity index (χ3n) is 1.97. The molecule has 0 aromatic carbocycles. The second-order valence-corrected chi connectivity index (χ2v) is 4.20. The van der Waals surface area contributed by atoms with Crippen molar-refractivity contribution in [3.8, 4) is 6.07 Å². The standard InChI is InChI=1S/C11H14N2OS/c1-9-4-5-13-11(10(9)8-12)15-7-3-6-14-2/h4-5H,3,6-7H2,1-2H3. The molecule has 1 aromatic rings. The maximum atomic E-state index is 8.97. The van der Waals surface area contributed by atoms with E-state index in [1.165, 1.54) is 0 Å². The third kappa shape index (κ3) is 3.54. The van der Waals surface area contributed by atoms with Crippen molar-refractivity contribution in [2.24, 2.45) is 0 Å². The van der Waals surface area contributed by atoms with Gasteiger partial charge in [0.25, 0.3) is 0 Å². The SMILES string of the molecule is COCCCSc1nccc(C)c1C#N. The molecule has 0 radical (unpaired) electrons. The van der Waals surface area contributed by atoms with Gasteiger partial charge in [0.1, 0.15) is 11.1 Å². The third-order valence-corrected chi connectivity index (χ3v) is 3.04. The lowest BCUT2D eigenvalue weighted by Crippen LogP contribution is -1.94. The summed E-state index contributed by atoms with van der Waals surface area (Å²) in [5.41, 5.74) is 1.68. The molecule has 0 saturated carbocycles. The molecule has 0 N–H and O–H groups in total. The molecule has 0 aliphatic rings. The number of thioether (sulfide) groups is 1. The van der Waals surface area contributed by atoms with Crippen molar-refractivity contribution in [2.45, 2.75) is 18.4 Å². The topological polar surface area (TPSA) is 45.9 Å². The fourth-order valence-corrected chi connectivity index (χ4v) is 2.09. The summed E-state index contributed by atoms with van der Waals surface area (Å²) in [7, 11) is 1.69. The Kier molecular flexibility index (Phi) is 5.16. The Bertz CT molecular complexity index is 360. The molecule has 0 aliphatic carbocycles. The summed E-state index contributed by atoms with van der Waals surface area (Å²) < 4.78 is 4.96. The highest BCUT2D eigenvalue weighted by atomic mass is 32.2. The van der Waals surface area contributed by atoms with Crippen LogP contribution in [-0.2, 0) is 4.74 Å².